The zero-order valence-corrected chi connectivity index (χ0v) is 7.02. The fourth-order valence-electron chi connectivity index (χ4n) is 0.957. The Bertz CT molecular complexity index is 356. The number of carbonyl (C=O) groups is 2. The first kappa shape index (κ1) is 9.40. The number of aromatic carboxylic acids is 1. The van der Waals surface area contributed by atoms with E-state index in [1.54, 1.807) is 0 Å². The van der Waals surface area contributed by atoms with Gasteiger partial charge < -0.3 is 10.8 Å². The number of aromatic nitrogens is 2. The maximum atomic E-state index is 11.1. The summed E-state index contributed by atoms with van der Waals surface area (Å²) in [5.74, 6) is -1.53. The molecule has 1 rings (SSSR count). The number of nitrogens with zero attached hydrogens (tertiary/aromatic N) is 2. The third kappa shape index (κ3) is 1.57. The Hall–Kier alpha value is -1.69. The van der Waals surface area contributed by atoms with Crippen LogP contribution in [0.15, 0.2) is 6.20 Å². The lowest BCUT2D eigenvalue weighted by atomic mass is 10.3. The molecule has 0 amide bonds. The van der Waals surface area contributed by atoms with Gasteiger partial charge in [-0.25, -0.2) is 9.48 Å². The molecule has 0 radical (unpaired) electrons. The lowest BCUT2D eigenvalue weighted by molar-refractivity contribution is 0.0696. The highest BCUT2D eigenvalue weighted by molar-refractivity contribution is 5.90. The van der Waals surface area contributed by atoms with Crippen LogP contribution in [0.5, 0.6) is 0 Å². The molecule has 0 unspecified atom stereocenters. The van der Waals surface area contributed by atoms with Crippen LogP contribution in [0.2, 0.25) is 0 Å². The van der Waals surface area contributed by atoms with E-state index < -0.39 is 11.9 Å². The van der Waals surface area contributed by atoms with Gasteiger partial charge in [-0.2, -0.15) is 5.10 Å². The van der Waals surface area contributed by atoms with E-state index in [4.69, 9.17) is 10.8 Å². The molecule has 0 fully saturated rings. The van der Waals surface area contributed by atoms with Crippen molar-refractivity contribution in [1.82, 2.24) is 9.78 Å². The van der Waals surface area contributed by atoms with Crippen molar-refractivity contribution in [1.29, 1.82) is 0 Å². The highest BCUT2D eigenvalue weighted by atomic mass is 16.4. The predicted octanol–water partition coefficient (Wildman–Crippen LogP) is -0.511. The topological polar surface area (TPSA) is 98.2 Å². The normalized spacial score (nSPS) is 10.0. The highest BCUT2D eigenvalue weighted by Gasteiger charge is 2.15. The van der Waals surface area contributed by atoms with E-state index in [0.717, 1.165) is 10.9 Å². The molecule has 0 saturated carbocycles. The van der Waals surface area contributed by atoms with Crippen LogP contribution in [0.3, 0.4) is 0 Å². The fraction of sp³-hybridized carbons (Fsp3) is 0.286. The Morgan fingerprint density at radius 2 is 2.31 bits per heavy atom. The predicted molar refractivity (Wildman–Crippen MR) is 43.6 cm³/mol. The lowest BCUT2D eigenvalue weighted by Gasteiger charge is -1.99. The summed E-state index contributed by atoms with van der Waals surface area (Å²) in [7, 11) is 0. The molecule has 0 aliphatic carbocycles. The minimum atomic E-state index is -1.10. The number of rotatable bonds is 2. The van der Waals surface area contributed by atoms with Crippen molar-refractivity contribution in [2.75, 3.05) is 6.54 Å². The van der Waals surface area contributed by atoms with Crippen molar-refractivity contribution >= 4 is 11.9 Å². The minimum Gasteiger partial charge on any atom is -0.478 e. The number of carbonyl (C=O) groups excluding carboxylic acids is 1. The lowest BCUT2D eigenvalue weighted by Crippen LogP contribution is -2.23. The van der Waals surface area contributed by atoms with Gasteiger partial charge in [0.05, 0.1) is 18.4 Å². The SMILES string of the molecule is Cc1c(C(=O)O)cnn1C(=O)CN. The van der Waals surface area contributed by atoms with Gasteiger partial charge in [-0.05, 0) is 6.92 Å². The number of hydrogen-bond donors (Lipinski definition) is 2. The zero-order chi connectivity index (χ0) is 10.0. The van der Waals surface area contributed by atoms with Gasteiger partial charge in [-0.3, -0.25) is 4.79 Å². The third-order valence-electron chi connectivity index (χ3n) is 1.65. The third-order valence-corrected chi connectivity index (χ3v) is 1.65. The molecule has 0 aliphatic heterocycles. The Balaban J connectivity index is 3.13. The Morgan fingerprint density at radius 1 is 1.69 bits per heavy atom. The van der Waals surface area contributed by atoms with Crippen LogP contribution in [0.4, 0.5) is 0 Å². The van der Waals surface area contributed by atoms with Gasteiger partial charge in [0.1, 0.15) is 5.56 Å². The molecular weight excluding hydrogens is 174 g/mol. The van der Waals surface area contributed by atoms with Gasteiger partial charge >= 0.3 is 5.97 Å². The van der Waals surface area contributed by atoms with Crippen molar-refractivity contribution in [2.24, 2.45) is 5.73 Å². The standard InChI is InChI=1S/C7H9N3O3/c1-4-5(7(12)13)3-9-10(4)6(11)2-8/h3H,2,8H2,1H3,(H,12,13). The molecule has 1 aromatic rings. The molecule has 0 atom stereocenters. The first-order valence-electron chi connectivity index (χ1n) is 3.59. The van der Waals surface area contributed by atoms with E-state index in [1.807, 2.05) is 0 Å². The molecule has 6 nitrogen and oxygen atoms in total. The van der Waals surface area contributed by atoms with Gasteiger partial charge in [-0.15, -0.1) is 0 Å². The summed E-state index contributed by atoms with van der Waals surface area (Å²) in [6.45, 7) is 1.31. The molecule has 3 N–H and O–H groups in total. The quantitative estimate of drug-likeness (QED) is 0.643. The fourth-order valence-corrected chi connectivity index (χ4v) is 0.957. The van der Waals surface area contributed by atoms with E-state index in [2.05, 4.69) is 5.10 Å². The first-order valence-corrected chi connectivity index (χ1v) is 3.59. The summed E-state index contributed by atoms with van der Waals surface area (Å²) in [6, 6.07) is 0. The molecule has 6 heteroatoms. The summed E-state index contributed by atoms with van der Waals surface area (Å²) in [5.41, 5.74) is 5.41. The summed E-state index contributed by atoms with van der Waals surface area (Å²) >= 11 is 0. The maximum Gasteiger partial charge on any atom is 0.339 e. The molecule has 0 saturated heterocycles. The van der Waals surface area contributed by atoms with Crippen molar-refractivity contribution in [3.63, 3.8) is 0 Å². The second kappa shape index (κ2) is 3.36. The van der Waals surface area contributed by atoms with Crippen molar-refractivity contribution in [3.05, 3.63) is 17.5 Å². The van der Waals surface area contributed by atoms with Crippen LogP contribution in [0.25, 0.3) is 0 Å². The van der Waals surface area contributed by atoms with Crippen LogP contribution in [-0.2, 0) is 0 Å². The van der Waals surface area contributed by atoms with Crippen LogP contribution < -0.4 is 5.73 Å². The van der Waals surface area contributed by atoms with Crippen LogP contribution in [0.1, 0.15) is 20.8 Å². The average Bonchev–Trinajstić information content (AvgIpc) is 2.46. The Morgan fingerprint density at radius 3 is 2.69 bits per heavy atom. The highest BCUT2D eigenvalue weighted by Crippen LogP contribution is 2.05. The molecule has 1 aromatic heterocycles. The smallest absolute Gasteiger partial charge is 0.339 e. The molecule has 13 heavy (non-hydrogen) atoms. The second-order valence-corrected chi connectivity index (χ2v) is 2.46. The maximum absolute atomic E-state index is 11.1. The van der Waals surface area contributed by atoms with Gasteiger partial charge in [0.25, 0.3) is 5.91 Å². The van der Waals surface area contributed by atoms with Gasteiger partial charge in [0.2, 0.25) is 0 Å². The Kier molecular flexibility index (Phi) is 2.43. The van der Waals surface area contributed by atoms with Crippen molar-refractivity contribution in [3.8, 4) is 0 Å². The van der Waals surface area contributed by atoms with E-state index in [1.165, 1.54) is 6.92 Å². The van der Waals surface area contributed by atoms with Crippen LogP contribution in [-0.4, -0.2) is 33.3 Å². The summed E-state index contributed by atoms with van der Waals surface area (Å²) < 4.78 is 0.990. The number of carboxylic acids is 1. The summed E-state index contributed by atoms with van der Waals surface area (Å²) in [5, 5.41) is 12.3. The molecule has 1 heterocycles. The molecule has 0 spiro atoms. The molecule has 0 aromatic carbocycles. The van der Waals surface area contributed by atoms with Gasteiger partial charge in [0, 0.05) is 0 Å². The second-order valence-electron chi connectivity index (χ2n) is 2.46. The molecule has 0 bridgehead atoms. The van der Waals surface area contributed by atoms with E-state index in [-0.39, 0.29) is 12.1 Å². The summed E-state index contributed by atoms with van der Waals surface area (Å²) in [4.78, 5) is 21.6. The number of carboxylic acid groups (broad SMARTS) is 1. The summed E-state index contributed by atoms with van der Waals surface area (Å²) in [6.07, 6.45) is 1.13. The monoisotopic (exact) mass is 183 g/mol. The van der Waals surface area contributed by atoms with Crippen LogP contribution >= 0.6 is 0 Å². The van der Waals surface area contributed by atoms with E-state index in [9.17, 15) is 9.59 Å². The van der Waals surface area contributed by atoms with E-state index in [0.29, 0.717) is 5.69 Å². The van der Waals surface area contributed by atoms with Crippen molar-refractivity contribution < 1.29 is 14.7 Å². The van der Waals surface area contributed by atoms with Gasteiger partial charge in [0.15, 0.2) is 0 Å². The van der Waals surface area contributed by atoms with Gasteiger partial charge in [-0.1, -0.05) is 0 Å². The average molecular weight is 183 g/mol. The minimum absolute atomic E-state index is 0.0156. The zero-order valence-electron chi connectivity index (χ0n) is 7.02. The van der Waals surface area contributed by atoms with Crippen LogP contribution in [0, 0.1) is 6.92 Å². The van der Waals surface area contributed by atoms with E-state index >= 15 is 0 Å². The number of nitrogens with two attached hydrogens (primary N) is 1. The molecule has 70 valence electrons. The molecule has 0 aliphatic rings. The molecular formula is C7H9N3O3. The number of hydrogen-bond acceptors (Lipinski definition) is 4. The Labute approximate surface area is 74.0 Å². The first-order chi connectivity index (χ1) is 6.07. The largest absolute Gasteiger partial charge is 0.478 e. The van der Waals surface area contributed by atoms with Crippen molar-refractivity contribution in [2.45, 2.75) is 6.92 Å².